The third-order valence-corrected chi connectivity index (χ3v) is 6.83. The lowest BCUT2D eigenvalue weighted by atomic mass is 10.2. The maximum Gasteiger partial charge on any atom is 0.416 e. The molecule has 5 nitrogen and oxygen atoms in total. The normalized spacial score (nSPS) is 11.8. The molecule has 0 heterocycles. The Morgan fingerprint density at radius 1 is 0.970 bits per heavy atom. The first kappa shape index (κ1) is 24.6. The van der Waals surface area contributed by atoms with E-state index in [1.165, 1.54) is 24.3 Å². The van der Waals surface area contributed by atoms with Gasteiger partial charge in [-0.1, -0.05) is 29.3 Å². The van der Waals surface area contributed by atoms with Crippen molar-refractivity contribution in [3.05, 3.63) is 88.4 Å². The molecular weight excluding hydrogens is 477 g/mol. The number of alkyl halides is 3. The highest BCUT2D eigenvalue weighted by molar-refractivity contribution is 7.92. The Kier molecular flexibility index (Phi) is 7.04. The lowest BCUT2D eigenvalue weighted by molar-refractivity contribution is -0.137. The van der Waals surface area contributed by atoms with E-state index in [-0.39, 0.29) is 16.3 Å². The average Bonchev–Trinajstić information content (AvgIpc) is 2.72. The third-order valence-electron chi connectivity index (χ3n) is 4.82. The van der Waals surface area contributed by atoms with Gasteiger partial charge in [-0.3, -0.25) is 9.10 Å². The molecule has 0 unspecified atom stereocenters. The molecule has 0 bridgehead atoms. The van der Waals surface area contributed by atoms with Gasteiger partial charge in [-0.2, -0.15) is 13.2 Å². The van der Waals surface area contributed by atoms with Gasteiger partial charge < -0.3 is 5.32 Å². The van der Waals surface area contributed by atoms with Crippen molar-refractivity contribution in [1.82, 2.24) is 0 Å². The first-order valence-electron chi connectivity index (χ1n) is 9.70. The number of nitrogens with zero attached hydrogens (tertiary/aromatic N) is 1. The van der Waals surface area contributed by atoms with E-state index in [4.69, 9.17) is 11.6 Å². The Hall–Kier alpha value is -3.04. The van der Waals surface area contributed by atoms with Crippen molar-refractivity contribution in [2.45, 2.75) is 24.9 Å². The van der Waals surface area contributed by atoms with Crippen LogP contribution in [0.4, 0.5) is 24.5 Å². The topological polar surface area (TPSA) is 66.5 Å². The maximum atomic E-state index is 13.4. The van der Waals surface area contributed by atoms with Gasteiger partial charge in [0.1, 0.15) is 6.54 Å². The van der Waals surface area contributed by atoms with Gasteiger partial charge in [0.25, 0.3) is 10.0 Å². The minimum absolute atomic E-state index is 0.00946. The van der Waals surface area contributed by atoms with Crippen molar-refractivity contribution >= 4 is 38.9 Å². The summed E-state index contributed by atoms with van der Waals surface area (Å²) in [6.45, 7) is 2.88. The summed E-state index contributed by atoms with van der Waals surface area (Å²) in [5, 5.41) is 2.85. The molecule has 0 aliphatic carbocycles. The van der Waals surface area contributed by atoms with E-state index >= 15 is 0 Å². The number of carbonyl (C=O) groups excluding carboxylic acids is 1. The van der Waals surface area contributed by atoms with Gasteiger partial charge in [-0.05, 0) is 74.0 Å². The molecule has 0 radical (unpaired) electrons. The quantitative estimate of drug-likeness (QED) is 0.468. The van der Waals surface area contributed by atoms with E-state index in [9.17, 15) is 26.4 Å². The fourth-order valence-corrected chi connectivity index (χ4v) is 4.82. The van der Waals surface area contributed by atoms with Crippen molar-refractivity contribution in [2.75, 3.05) is 16.2 Å². The highest BCUT2D eigenvalue weighted by Crippen LogP contribution is 2.31. The summed E-state index contributed by atoms with van der Waals surface area (Å²) in [6, 6.07) is 14.6. The van der Waals surface area contributed by atoms with Crippen LogP contribution < -0.4 is 9.62 Å². The van der Waals surface area contributed by atoms with Crippen LogP contribution in [0.3, 0.4) is 0 Å². The van der Waals surface area contributed by atoms with Crippen LogP contribution in [0.1, 0.15) is 16.7 Å². The zero-order valence-electron chi connectivity index (χ0n) is 17.7. The van der Waals surface area contributed by atoms with Gasteiger partial charge in [0, 0.05) is 10.7 Å². The molecule has 3 aromatic carbocycles. The Labute approximate surface area is 194 Å². The van der Waals surface area contributed by atoms with Crippen LogP contribution in [0, 0.1) is 13.8 Å². The summed E-state index contributed by atoms with van der Waals surface area (Å²) in [5.74, 6) is -0.722. The first-order valence-corrected chi connectivity index (χ1v) is 11.5. The van der Waals surface area contributed by atoms with Crippen molar-refractivity contribution < 1.29 is 26.4 Å². The second-order valence-corrected chi connectivity index (χ2v) is 9.68. The summed E-state index contributed by atoms with van der Waals surface area (Å²) in [5.41, 5.74) is 0.889. The molecule has 174 valence electrons. The van der Waals surface area contributed by atoms with E-state index in [1.807, 2.05) is 6.92 Å². The number of aryl methyl sites for hydroxylation is 2. The number of benzene rings is 3. The van der Waals surface area contributed by atoms with Crippen molar-refractivity contribution in [3.8, 4) is 0 Å². The molecule has 0 saturated heterocycles. The number of halogens is 4. The van der Waals surface area contributed by atoms with Crippen molar-refractivity contribution in [1.29, 1.82) is 0 Å². The molecule has 33 heavy (non-hydrogen) atoms. The number of anilines is 2. The Balaban J connectivity index is 1.93. The van der Waals surface area contributed by atoms with Crippen molar-refractivity contribution in [3.63, 3.8) is 0 Å². The summed E-state index contributed by atoms with van der Waals surface area (Å²) >= 11 is 6.00. The predicted octanol–water partition coefficient (Wildman–Crippen LogP) is 5.81. The summed E-state index contributed by atoms with van der Waals surface area (Å²) in [6.07, 6.45) is -4.51. The molecule has 3 aromatic rings. The molecule has 10 heteroatoms. The molecular formula is C23H20ClF3N2O3S. The maximum absolute atomic E-state index is 13.4. The van der Waals surface area contributed by atoms with E-state index in [1.54, 1.807) is 25.1 Å². The predicted molar refractivity (Wildman–Crippen MR) is 122 cm³/mol. The number of sulfonamides is 1. The third kappa shape index (κ3) is 5.85. The Morgan fingerprint density at radius 3 is 2.12 bits per heavy atom. The van der Waals surface area contributed by atoms with E-state index in [2.05, 4.69) is 5.32 Å². The Bertz CT molecular complexity index is 1260. The second kappa shape index (κ2) is 9.44. The fraction of sp³-hybridized carbons (Fsp3) is 0.174. The van der Waals surface area contributed by atoms with Crippen molar-refractivity contribution in [2.24, 2.45) is 0 Å². The van der Waals surface area contributed by atoms with Crippen LogP contribution in [0.15, 0.2) is 71.6 Å². The molecule has 0 atom stereocenters. The molecule has 0 spiro atoms. The first-order chi connectivity index (χ1) is 15.4. The van der Waals surface area contributed by atoms with Gasteiger partial charge in [0.05, 0.1) is 16.1 Å². The summed E-state index contributed by atoms with van der Waals surface area (Å²) in [7, 11) is -4.14. The highest BCUT2D eigenvalue weighted by atomic mass is 35.5. The molecule has 0 aliphatic heterocycles. The van der Waals surface area contributed by atoms with Gasteiger partial charge in [0.15, 0.2) is 0 Å². The smallest absolute Gasteiger partial charge is 0.325 e. The van der Waals surface area contributed by atoms with Crippen LogP contribution in [-0.2, 0) is 21.0 Å². The van der Waals surface area contributed by atoms with E-state index in [0.29, 0.717) is 10.6 Å². The molecule has 3 rings (SSSR count). The standard InChI is InChI=1S/C23H20ClF3N2O3S/c1-15-3-10-20(11-4-15)33(31,32)29(21-12-7-18(24)13-16(21)2)14-22(30)28-19-8-5-17(6-9-19)23(25,26)27/h3-13H,14H2,1-2H3,(H,28,30). The number of nitrogens with one attached hydrogen (secondary N) is 1. The van der Waals surface area contributed by atoms with Gasteiger partial charge in [-0.15, -0.1) is 0 Å². The monoisotopic (exact) mass is 496 g/mol. The van der Waals surface area contributed by atoms with Crippen LogP contribution in [0.5, 0.6) is 0 Å². The second-order valence-electron chi connectivity index (χ2n) is 7.38. The molecule has 0 fully saturated rings. The Morgan fingerprint density at radius 2 is 1.58 bits per heavy atom. The number of amides is 1. The average molecular weight is 497 g/mol. The molecule has 1 N–H and O–H groups in total. The van der Waals surface area contributed by atoms with Crippen LogP contribution in [0.2, 0.25) is 5.02 Å². The summed E-state index contributed by atoms with van der Waals surface area (Å²) in [4.78, 5) is 12.7. The van der Waals surface area contributed by atoms with Gasteiger partial charge in [0.2, 0.25) is 5.91 Å². The molecule has 0 aromatic heterocycles. The van der Waals surface area contributed by atoms with E-state index in [0.717, 1.165) is 34.1 Å². The lowest BCUT2D eigenvalue weighted by Crippen LogP contribution is -2.38. The zero-order chi connectivity index (χ0) is 24.4. The largest absolute Gasteiger partial charge is 0.416 e. The fourth-order valence-electron chi connectivity index (χ4n) is 3.11. The molecule has 0 aliphatic rings. The number of carbonyl (C=O) groups is 1. The number of rotatable bonds is 6. The highest BCUT2D eigenvalue weighted by Gasteiger charge is 2.31. The molecule has 0 saturated carbocycles. The molecule has 1 amide bonds. The van der Waals surface area contributed by atoms with Gasteiger partial charge in [-0.25, -0.2) is 8.42 Å². The minimum atomic E-state index is -4.51. The van der Waals surface area contributed by atoms with Crippen LogP contribution >= 0.6 is 11.6 Å². The number of hydrogen-bond donors (Lipinski definition) is 1. The van der Waals surface area contributed by atoms with Crippen LogP contribution in [0.25, 0.3) is 0 Å². The summed E-state index contributed by atoms with van der Waals surface area (Å²) < 4.78 is 66.0. The van der Waals surface area contributed by atoms with Crippen LogP contribution in [-0.4, -0.2) is 20.9 Å². The minimum Gasteiger partial charge on any atom is -0.325 e. The zero-order valence-corrected chi connectivity index (χ0v) is 19.2. The lowest BCUT2D eigenvalue weighted by Gasteiger charge is -2.26. The SMILES string of the molecule is Cc1ccc(S(=O)(=O)N(CC(=O)Nc2ccc(C(F)(F)F)cc2)c2ccc(Cl)cc2C)cc1. The number of hydrogen-bond acceptors (Lipinski definition) is 3. The van der Waals surface area contributed by atoms with Gasteiger partial charge >= 0.3 is 6.18 Å². The van der Waals surface area contributed by atoms with E-state index < -0.39 is 34.2 Å².